The molecule has 1 atom stereocenters. The Morgan fingerprint density at radius 2 is 2.10 bits per heavy atom. The SMILES string of the molecule is C=C1NC(=Cc2ccc(F)cc2)C(=O)C1C(=O)OCC. The van der Waals surface area contributed by atoms with Crippen molar-refractivity contribution in [1.29, 1.82) is 0 Å². The third kappa shape index (κ3) is 2.77. The number of hydrogen-bond acceptors (Lipinski definition) is 4. The molecule has 1 saturated heterocycles. The smallest absolute Gasteiger partial charge is 0.322 e. The molecule has 1 aliphatic heterocycles. The Morgan fingerprint density at radius 1 is 1.45 bits per heavy atom. The number of Topliss-reactive ketones (excluding diaryl/α,β-unsaturated/α-hetero) is 1. The summed E-state index contributed by atoms with van der Waals surface area (Å²) in [6.07, 6.45) is 1.55. The van der Waals surface area contributed by atoms with E-state index in [0.29, 0.717) is 11.3 Å². The molecule has 0 spiro atoms. The number of allylic oxidation sites excluding steroid dienone is 1. The van der Waals surface area contributed by atoms with Crippen molar-refractivity contribution in [2.75, 3.05) is 6.61 Å². The first-order chi connectivity index (χ1) is 9.52. The molecule has 104 valence electrons. The number of hydrogen-bond donors (Lipinski definition) is 1. The predicted octanol–water partition coefficient (Wildman–Crippen LogP) is 2.03. The summed E-state index contributed by atoms with van der Waals surface area (Å²) in [5, 5.41) is 2.78. The van der Waals surface area contributed by atoms with E-state index in [1.807, 2.05) is 0 Å². The highest BCUT2D eigenvalue weighted by Crippen LogP contribution is 2.24. The normalized spacial score (nSPS) is 20.1. The van der Waals surface area contributed by atoms with E-state index < -0.39 is 17.7 Å². The van der Waals surface area contributed by atoms with E-state index in [4.69, 9.17) is 4.74 Å². The summed E-state index contributed by atoms with van der Waals surface area (Å²) in [6.45, 7) is 5.53. The maximum absolute atomic E-state index is 12.8. The number of benzene rings is 1. The molecule has 0 radical (unpaired) electrons. The first kappa shape index (κ1) is 14.0. The maximum atomic E-state index is 12.8. The lowest BCUT2D eigenvalue weighted by molar-refractivity contribution is -0.148. The van der Waals surface area contributed by atoms with Crippen LogP contribution < -0.4 is 5.32 Å². The fourth-order valence-electron chi connectivity index (χ4n) is 1.93. The van der Waals surface area contributed by atoms with Crippen molar-refractivity contribution in [2.24, 2.45) is 5.92 Å². The van der Waals surface area contributed by atoms with Crippen molar-refractivity contribution in [2.45, 2.75) is 6.92 Å². The number of rotatable bonds is 3. The van der Waals surface area contributed by atoms with Gasteiger partial charge < -0.3 is 10.1 Å². The van der Waals surface area contributed by atoms with Crippen LogP contribution in [0.5, 0.6) is 0 Å². The minimum Gasteiger partial charge on any atom is -0.465 e. The van der Waals surface area contributed by atoms with Crippen LogP contribution in [-0.4, -0.2) is 18.4 Å². The number of carbonyl (C=O) groups is 2. The van der Waals surface area contributed by atoms with Crippen LogP contribution >= 0.6 is 0 Å². The molecule has 5 heteroatoms. The van der Waals surface area contributed by atoms with Gasteiger partial charge >= 0.3 is 5.97 Å². The number of carbonyl (C=O) groups excluding carboxylic acids is 2. The fourth-order valence-corrected chi connectivity index (χ4v) is 1.93. The van der Waals surface area contributed by atoms with Crippen molar-refractivity contribution in [3.63, 3.8) is 0 Å². The van der Waals surface area contributed by atoms with E-state index in [1.165, 1.54) is 24.3 Å². The van der Waals surface area contributed by atoms with Crippen molar-refractivity contribution in [3.8, 4) is 0 Å². The van der Waals surface area contributed by atoms with Gasteiger partial charge in [-0.05, 0) is 30.7 Å². The zero-order valence-corrected chi connectivity index (χ0v) is 11.0. The van der Waals surface area contributed by atoms with Crippen molar-refractivity contribution in [3.05, 3.63) is 53.6 Å². The van der Waals surface area contributed by atoms with Crippen molar-refractivity contribution < 1.29 is 18.7 Å². The van der Waals surface area contributed by atoms with Gasteiger partial charge in [0, 0.05) is 5.70 Å². The molecule has 20 heavy (non-hydrogen) atoms. The van der Waals surface area contributed by atoms with Gasteiger partial charge in [0.15, 0.2) is 11.7 Å². The van der Waals surface area contributed by atoms with E-state index in [0.717, 1.165) is 0 Å². The monoisotopic (exact) mass is 275 g/mol. The number of esters is 1. The van der Waals surface area contributed by atoms with Crippen LogP contribution in [-0.2, 0) is 14.3 Å². The summed E-state index contributed by atoms with van der Waals surface area (Å²) in [7, 11) is 0. The maximum Gasteiger partial charge on any atom is 0.322 e. The first-order valence-corrected chi connectivity index (χ1v) is 6.17. The highest BCUT2D eigenvalue weighted by molar-refractivity contribution is 6.14. The van der Waals surface area contributed by atoms with E-state index in [9.17, 15) is 14.0 Å². The van der Waals surface area contributed by atoms with Gasteiger partial charge in [-0.3, -0.25) is 9.59 Å². The summed E-state index contributed by atoms with van der Waals surface area (Å²) >= 11 is 0. The Kier molecular flexibility index (Phi) is 3.98. The molecule has 1 aromatic carbocycles. The summed E-state index contributed by atoms with van der Waals surface area (Å²) in [4.78, 5) is 23.8. The summed E-state index contributed by atoms with van der Waals surface area (Å²) in [5.74, 6) is -2.37. The number of halogens is 1. The highest BCUT2D eigenvalue weighted by Gasteiger charge is 2.39. The lowest BCUT2D eigenvalue weighted by Gasteiger charge is -2.06. The minimum absolute atomic E-state index is 0.201. The molecule has 0 saturated carbocycles. The van der Waals surface area contributed by atoms with Gasteiger partial charge in [-0.25, -0.2) is 4.39 Å². The minimum atomic E-state index is -1.01. The Bertz CT molecular complexity index is 590. The van der Waals surface area contributed by atoms with E-state index in [-0.39, 0.29) is 18.1 Å². The lowest BCUT2D eigenvalue weighted by Crippen LogP contribution is -2.23. The molecule has 1 aromatic rings. The van der Waals surface area contributed by atoms with Gasteiger partial charge in [-0.1, -0.05) is 18.7 Å². The van der Waals surface area contributed by atoms with Crippen LogP contribution in [0, 0.1) is 11.7 Å². The third-order valence-corrected chi connectivity index (χ3v) is 2.87. The molecular weight excluding hydrogens is 261 g/mol. The molecule has 1 unspecified atom stereocenters. The zero-order chi connectivity index (χ0) is 14.7. The summed E-state index contributed by atoms with van der Waals surface area (Å²) in [6, 6.07) is 5.67. The van der Waals surface area contributed by atoms with Gasteiger partial charge in [-0.15, -0.1) is 0 Å². The Labute approximate surface area is 115 Å². The van der Waals surface area contributed by atoms with Gasteiger partial charge in [0.1, 0.15) is 5.82 Å². The largest absolute Gasteiger partial charge is 0.465 e. The molecule has 1 fully saturated rings. The van der Waals surface area contributed by atoms with Gasteiger partial charge in [0.25, 0.3) is 0 Å². The zero-order valence-electron chi connectivity index (χ0n) is 11.0. The summed E-state index contributed by atoms with van der Waals surface area (Å²) in [5.41, 5.74) is 1.20. The topological polar surface area (TPSA) is 55.4 Å². The van der Waals surface area contributed by atoms with E-state index >= 15 is 0 Å². The Balaban J connectivity index is 2.23. The van der Waals surface area contributed by atoms with Crippen LogP contribution in [0.1, 0.15) is 12.5 Å². The fraction of sp³-hybridized carbons (Fsp3) is 0.200. The van der Waals surface area contributed by atoms with Gasteiger partial charge in [-0.2, -0.15) is 0 Å². The second kappa shape index (κ2) is 5.69. The van der Waals surface area contributed by atoms with Crippen LogP contribution in [0.15, 0.2) is 42.2 Å². The number of ether oxygens (including phenoxy) is 1. The standard InChI is InChI=1S/C15H14FNO3/c1-3-20-15(19)13-9(2)17-12(14(13)18)8-10-4-6-11(16)7-5-10/h4-8,13,17H,2-3H2,1H3. The highest BCUT2D eigenvalue weighted by atomic mass is 19.1. The molecular formula is C15H14FNO3. The van der Waals surface area contributed by atoms with Crippen LogP contribution in [0.4, 0.5) is 4.39 Å². The molecule has 1 aliphatic rings. The molecule has 2 rings (SSSR count). The average molecular weight is 275 g/mol. The van der Waals surface area contributed by atoms with Crippen molar-refractivity contribution in [1.82, 2.24) is 5.32 Å². The second-order valence-corrected chi connectivity index (χ2v) is 4.31. The first-order valence-electron chi connectivity index (χ1n) is 6.17. The van der Waals surface area contributed by atoms with Crippen LogP contribution in [0.25, 0.3) is 6.08 Å². The molecule has 0 amide bonds. The van der Waals surface area contributed by atoms with Crippen LogP contribution in [0.2, 0.25) is 0 Å². The Hall–Kier alpha value is -2.43. The Morgan fingerprint density at radius 3 is 2.70 bits per heavy atom. The molecule has 1 heterocycles. The number of nitrogens with one attached hydrogen (secondary N) is 1. The van der Waals surface area contributed by atoms with Crippen molar-refractivity contribution >= 4 is 17.8 Å². The van der Waals surface area contributed by atoms with E-state index in [2.05, 4.69) is 11.9 Å². The lowest BCUT2D eigenvalue weighted by atomic mass is 10.0. The summed E-state index contributed by atoms with van der Waals surface area (Å²) < 4.78 is 17.7. The van der Waals surface area contributed by atoms with E-state index in [1.54, 1.807) is 13.0 Å². The van der Waals surface area contributed by atoms with Gasteiger partial charge in [0.05, 0.1) is 12.3 Å². The predicted molar refractivity (Wildman–Crippen MR) is 71.8 cm³/mol. The second-order valence-electron chi connectivity index (χ2n) is 4.31. The molecule has 1 N–H and O–H groups in total. The molecule has 0 bridgehead atoms. The molecule has 0 aromatic heterocycles. The number of ketones is 1. The third-order valence-electron chi connectivity index (χ3n) is 2.87. The van der Waals surface area contributed by atoms with Crippen LogP contribution in [0.3, 0.4) is 0 Å². The average Bonchev–Trinajstić information content (AvgIpc) is 2.67. The van der Waals surface area contributed by atoms with Gasteiger partial charge in [0.2, 0.25) is 0 Å². The molecule has 4 nitrogen and oxygen atoms in total. The molecule has 0 aliphatic carbocycles. The quantitative estimate of drug-likeness (QED) is 0.521.